The number of hydrogen-bond acceptors (Lipinski definition) is 4. The van der Waals surface area contributed by atoms with Crippen molar-refractivity contribution >= 4 is 28.8 Å². The SMILES string of the molecule is CCc1nc2c(Cl)cccn2c1C(=O)NCc1ccc(N2CCC(c3ccc(OC(F)(F)F)cc3)CC2)cc1. The Morgan fingerprint density at radius 2 is 1.77 bits per heavy atom. The summed E-state index contributed by atoms with van der Waals surface area (Å²) in [5.74, 6) is -0.113. The minimum atomic E-state index is -4.68. The fourth-order valence-electron chi connectivity index (χ4n) is 5.07. The lowest BCUT2D eigenvalue weighted by Gasteiger charge is -2.34. The van der Waals surface area contributed by atoms with Crippen molar-refractivity contribution in [2.75, 3.05) is 18.0 Å². The lowest BCUT2D eigenvalue weighted by molar-refractivity contribution is -0.274. The number of fused-ring (bicyclic) bond motifs is 1. The van der Waals surface area contributed by atoms with Gasteiger partial charge in [0.1, 0.15) is 11.4 Å². The number of aromatic nitrogens is 2. The van der Waals surface area contributed by atoms with Crippen molar-refractivity contribution in [3.8, 4) is 5.75 Å². The van der Waals surface area contributed by atoms with E-state index in [1.165, 1.54) is 12.1 Å². The van der Waals surface area contributed by atoms with Gasteiger partial charge in [-0.3, -0.25) is 9.20 Å². The van der Waals surface area contributed by atoms with Gasteiger partial charge >= 0.3 is 6.36 Å². The average Bonchev–Trinajstić information content (AvgIpc) is 3.32. The maximum atomic E-state index is 13.0. The largest absolute Gasteiger partial charge is 0.573 e. The molecule has 1 fully saturated rings. The number of rotatable bonds is 7. The number of aryl methyl sites for hydroxylation is 1. The Kier molecular flexibility index (Phi) is 7.70. The zero-order valence-electron chi connectivity index (χ0n) is 21.3. The van der Waals surface area contributed by atoms with Gasteiger partial charge in [0.2, 0.25) is 0 Å². The number of nitrogens with zero attached hydrogens (tertiary/aromatic N) is 3. The highest BCUT2D eigenvalue weighted by atomic mass is 35.5. The molecule has 39 heavy (non-hydrogen) atoms. The highest BCUT2D eigenvalue weighted by molar-refractivity contribution is 6.33. The van der Waals surface area contributed by atoms with Gasteiger partial charge in [-0.2, -0.15) is 0 Å². The topological polar surface area (TPSA) is 58.9 Å². The van der Waals surface area contributed by atoms with Crippen LogP contribution < -0.4 is 15.0 Å². The third-order valence-electron chi connectivity index (χ3n) is 7.06. The van der Waals surface area contributed by atoms with Crippen LogP contribution in [0.2, 0.25) is 5.02 Å². The number of benzene rings is 2. The second kappa shape index (κ2) is 11.2. The van der Waals surface area contributed by atoms with Crippen molar-refractivity contribution in [2.24, 2.45) is 0 Å². The second-order valence-corrected chi connectivity index (χ2v) is 9.94. The quantitative estimate of drug-likeness (QED) is 0.273. The Hall–Kier alpha value is -3.72. The van der Waals surface area contributed by atoms with Crippen LogP contribution in [0, 0.1) is 0 Å². The molecule has 0 unspecified atom stereocenters. The van der Waals surface area contributed by atoms with E-state index in [1.54, 1.807) is 34.9 Å². The lowest BCUT2D eigenvalue weighted by atomic mass is 9.89. The Morgan fingerprint density at radius 1 is 1.08 bits per heavy atom. The summed E-state index contributed by atoms with van der Waals surface area (Å²) in [6.45, 7) is 4.03. The molecule has 6 nitrogen and oxygen atoms in total. The van der Waals surface area contributed by atoms with Gasteiger partial charge in [-0.1, -0.05) is 42.8 Å². The van der Waals surface area contributed by atoms with Crippen LogP contribution >= 0.6 is 11.6 Å². The monoisotopic (exact) mass is 556 g/mol. The zero-order valence-corrected chi connectivity index (χ0v) is 22.1. The van der Waals surface area contributed by atoms with Crippen LogP contribution in [0.3, 0.4) is 0 Å². The van der Waals surface area contributed by atoms with Crippen molar-refractivity contribution in [3.63, 3.8) is 0 Å². The molecule has 4 aromatic rings. The number of anilines is 1. The van der Waals surface area contributed by atoms with Gasteiger partial charge in [-0.25, -0.2) is 4.98 Å². The molecular formula is C29H28ClF3N4O2. The number of halogens is 4. The average molecular weight is 557 g/mol. The molecular weight excluding hydrogens is 529 g/mol. The van der Waals surface area contributed by atoms with Crippen molar-refractivity contribution in [3.05, 3.63) is 94.4 Å². The van der Waals surface area contributed by atoms with Crippen LogP contribution in [0.1, 0.15) is 53.0 Å². The molecule has 204 valence electrons. The Morgan fingerprint density at radius 3 is 2.41 bits per heavy atom. The van der Waals surface area contributed by atoms with E-state index < -0.39 is 6.36 Å². The van der Waals surface area contributed by atoms with Crippen LogP contribution in [0.5, 0.6) is 5.75 Å². The number of nitrogens with one attached hydrogen (secondary N) is 1. The minimum Gasteiger partial charge on any atom is -0.406 e. The number of pyridine rings is 1. The van der Waals surface area contributed by atoms with E-state index in [9.17, 15) is 18.0 Å². The van der Waals surface area contributed by atoms with Gasteiger partial charge in [0, 0.05) is 31.5 Å². The summed E-state index contributed by atoms with van der Waals surface area (Å²) in [6.07, 6.45) is -0.473. The van der Waals surface area contributed by atoms with E-state index >= 15 is 0 Å². The van der Waals surface area contributed by atoms with Crippen molar-refractivity contribution in [2.45, 2.75) is 45.0 Å². The number of hydrogen-bond donors (Lipinski definition) is 1. The number of carbonyl (C=O) groups excluding carboxylic acids is 1. The van der Waals surface area contributed by atoms with Gasteiger partial charge in [-0.05, 0) is 72.7 Å². The number of piperidine rings is 1. The number of imidazole rings is 1. The number of amides is 1. The smallest absolute Gasteiger partial charge is 0.406 e. The number of alkyl halides is 3. The van der Waals surface area contributed by atoms with Crippen LogP contribution in [-0.4, -0.2) is 34.7 Å². The molecule has 10 heteroatoms. The first-order valence-corrected chi connectivity index (χ1v) is 13.2. The summed E-state index contributed by atoms with van der Waals surface area (Å²) in [4.78, 5) is 19.9. The molecule has 3 heterocycles. The summed E-state index contributed by atoms with van der Waals surface area (Å²) < 4.78 is 42.9. The standard InChI is InChI=1S/C29H28ClF3N4O2/c1-2-25-26(37-15-3-4-24(30)27(37)35-25)28(38)34-18-19-5-9-22(10-6-19)36-16-13-21(14-17-36)20-7-11-23(12-8-20)39-29(31,32)33/h3-12,15,21H,2,13-14,16-18H2,1H3,(H,34,38). The molecule has 1 saturated heterocycles. The maximum Gasteiger partial charge on any atom is 0.573 e. The summed E-state index contributed by atoms with van der Waals surface area (Å²) in [5, 5.41) is 3.50. The Labute approximate surface area is 229 Å². The molecule has 2 aromatic heterocycles. The third-order valence-corrected chi connectivity index (χ3v) is 7.35. The third kappa shape index (κ3) is 6.14. The molecule has 1 N–H and O–H groups in total. The van der Waals surface area contributed by atoms with E-state index in [0.717, 1.165) is 42.7 Å². The summed E-state index contributed by atoms with van der Waals surface area (Å²) in [6, 6.07) is 17.8. The first kappa shape index (κ1) is 26.9. The van der Waals surface area contributed by atoms with Gasteiger partial charge < -0.3 is 15.0 Å². The van der Waals surface area contributed by atoms with Crippen molar-refractivity contribution < 1.29 is 22.7 Å². The zero-order chi connectivity index (χ0) is 27.6. The Balaban J connectivity index is 1.16. The molecule has 0 bridgehead atoms. The molecule has 0 saturated carbocycles. The van der Waals surface area contributed by atoms with Crippen molar-refractivity contribution in [1.82, 2.24) is 14.7 Å². The molecule has 0 spiro atoms. The molecule has 1 amide bonds. The first-order chi connectivity index (χ1) is 18.7. The normalized spacial score (nSPS) is 14.5. The maximum absolute atomic E-state index is 13.0. The molecule has 0 atom stereocenters. The predicted molar refractivity (Wildman–Crippen MR) is 145 cm³/mol. The molecule has 1 aliphatic rings. The van der Waals surface area contributed by atoms with E-state index in [1.807, 2.05) is 19.1 Å². The molecule has 2 aromatic carbocycles. The molecule has 1 aliphatic heterocycles. The van der Waals surface area contributed by atoms with Gasteiger partial charge in [0.15, 0.2) is 5.65 Å². The summed E-state index contributed by atoms with van der Waals surface area (Å²) in [7, 11) is 0. The summed E-state index contributed by atoms with van der Waals surface area (Å²) >= 11 is 6.26. The molecule has 0 aliphatic carbocycles. The van der Waals surface area contributed by atoms with Crippen molar-refractivity contribution in [1.29, 1.82) is 0 Å². The Bertz CT molecular complexity index is 1440. The van der Waals surface area contributed by atoms with Crippen LogP contribution in [0.4, 0.5) is 18.9 Å². The van der Waals surface area contributed by atoms with E-state index in [2.05, 4.69) is 32.1 Å². The second-order valence-electron chi connectivity index (χ2n) is 9.54. The van der Waals surface area contributed by atoms with Gasteiger partial charge in [-0.15, -0.1) is 13.2 Å². The minimum absolute atomic E-state index is 0.200. The van der Waals surface area contributed by atoms with Crippen LogP contribution in [0.15, 0.2) is 66.9 Å². The first-order valence-electron chi connectivity index (χ1n) is 12.8. The van der Waals surface area contributed by atoms with Gasteiger partial charge in [0.25, 0.3) is 5.91 Å². The summed E-state index contributed by atoms with van der Waals surface area (Å²) in [5.41, 5.74) is 4.87. The highest BCUT2D eigenvalue weighted by Crippen LogP contribution is 2.32. The van der Waals surface area contributed by atoms with E-state index in [4.69, 9.17) is 11.6 Å². The highest BCUT2D eigenvalue weighted by Gasteiger charge is 2.31. The van der Waals surface area contributed by atoms with Crippen LogP contribution in [0.25, 0.3) is 5.65 Å². The fourth-order valence-corrected chi connectivity index (χ4v) is 5.28. The van der Waals surface area contributed by atoms with Crippen LogP contribution in [-0.2, 0) is 13.0 Å². The molecule has 0 radical (unpaired) electrons. The van der Waals surface area contributed by atoms with E-state index in [0.29, 0.717) is 35.0 Å². The van der Waals surface area contributed by atoms with Gasteiger partial charge in [0.05, 0.1) is 10.7 Å². The lowest BCUT2D eigenvalue weighted by Crippen LogP contribution is -2.32. The molecule has 5 rings (SSSR count). The predicted octanol–water partition coefficient (Wildman–Crippen LogP) is 6.76. The number of ether oxygens (including phenoxy) is 1. The fraction of sp³-hybridized carbons (Fsp3) is 0.310. The van der Waals surface area contributed by atoms with E-state index in [-0.39, 0.29) is 17.6 Å². The number of carbonyl (C=O) groups is 1.